The van der Waals surface area contributed by atoms with Gasteiger partial charge in [0.05, 0.1) is 32.2 Å². The van der Waals surface area contributed by atoms with Crippen molar-refractivity contribution < 1.29 is 22.7 Å². The second kappa shape index (κ2) is 9.84. The van der Waals surface area contributed by atoms with E-state index in [4.69, 9.17) is 9.47 Å². The monoisotopic (exact) mass is 434 g/mol. The van der Waals surface area contributed by atoms with Gasteiger partial charge in [-0.25, -0.2) is 8.42 Å². The molecule has 164 valence electrons. The van der Waals surface area contributed by atoms with E-state index in [1.165, 1.54) is 4.31 Å². The third-order valence-corrected chi connectivity index (χ3v) is 6.06. The Morgan fingerprint density at radius 2 is 1.73 bits per heavy atom. The van der Waals surface area contributed by atoms with Crippen molar-refractivity contribution >= 4 is 21.6 Å². The number of benzene rings is 2. The van der Waals surface area contributed by atoms with Gasteiger partial charge in [-0.05, 0) is 50.6 Å². The van der Waals surface area contributed by atoms with Crippen LogP contribution in [0.5, 0.6) is 11.5 Å². The molecule has 2 rings (SSSR count). The molecule has 30 heavy (non-hydrogen) atoms. The predicted molar refractivity (Wildman–Crippen MR) is 119 cm³/mol. The number of rotatable bonds is 9. The van der Waals surface area contributed by atoms with E-state index >= 15 is 0 Å². The Labute approximate surface area is 179 Å². The first-order chi connectivity index (χ1) is 14.1. The summed E-state index contributed by atoms with van der Waals surface area (Å²) in [4.78, 5) is 13.2. The quantitative estimate of drug-likeness (QED) is 0.654. The molecule has 7 nitrogen and oxygen atoms in total. The largest absolute Gasteiger partial charge is 0.497 e. The number of methoxy groups -OCH3 is 2. The summed E-state index contributed by atoms with van der Waals surface area (Å²) in [6.07, 6.45) is 1.42. The molecule has 1 N–H and O–H groups in total. The van der Waals surface area contributed by atoms with Gasteiger partial charge in [0.1, 0.15) is 17.5 Å². The van der Waals surface area contributed by atoms with Crippen molar-refractivity contribution in [3.8, 4) is 11.5 Å². The van der Waals surface area contributed by atoms with E-state index in [-0.39, 0.29) is 5.91 Å². The van der Waals surface area contributed by atoms with Gasteiger partial charge in [-0.3, -0.25) is 9.10 Å². The molecule has 2 aromatic carbocycles. The van der Waals surface area contributed by atoms with Gasteiger partial charge in [-0.2, -0.15) is 0 Å². The van der Waals surface area contributed by atoms with Crippen LogP contribution in [0.1, 0.15) is 37.4 Å². The molecule has 0 spiro atoms. The van der Waals surface area contributed by atoms with Crippen molar-refractivity contribution in [3.63, 3.8) is 0 Å². The Hall–Kier alpha value is -2.74. The Morgan fingerprint density at radius 1 is 1.10 bits per heavy atom. The fourth-order valence-corrected chi connectivity index (χ4v) is 4.53. The highest BCUT2D eigenvalue weighted by Crippen LogP contribution is 2.30. The average molecular weight is 435 g/mol. The number of hydrogen-bond acceptors (Lipinski definition) is 5. The lowest BCUT2D eigenvalue weighted by Gasteiger charge is -2.31. The third kappa shape index (κ3) is 5.44. The van der Waals surface area contributed by atoms with Crippen LogP contribution in [0.2, 0.25) is 0 Å². The summed E-state index contributed by atoms with van der Waals surface area (Å²) in [6, 6.07) is 11.1. The summed E-state index contributed by atoms with van der Waals surface area (Å²) in [5.41, 5.74) is 2.20. The maximum Gasteiger partial charge on any atom is 0.244 e. The molecule has 0 aromatic heterocycles. The Balaban J connectivity index is 2.35. The molecule has 2 atom stereocenters. The normalized spacial score (nSPS) is 13.3. The Kier molecular flexibility index (Phi) is 7.72. The minimum atomic E-state index is -3.68. The number of carbonyl (C=O) groups is 1. The highest BCUT2D eigenvalue weighted by Gasteiger charge is 2.32. The van der Waals surface area contributed by atoms with Crippen LogP contribution in [0.15, 0.2) is 42.5 Å². The summed E-state index contributed by atoms with van der Waals surface area (Å²) in [5.74, 6) is 0.854. The van der Waals surface area contributed by atoms with Crippen LogP contribution in [-0.4, -0.2) is 40.8 Å². The van der Waals surface area contributed by atoms with Gasteiger partial charge >= 0.3 is 0 Å². The number of ether oxygens (including phenoxy) is 2. The van der Waals surface area contributed by atoms with Crippen molar-refractivity contribution in [2.45, 2.75) is 39.3 Å². The third-order valence-electron chi connectivity index (χ3n) is 4.88. The average Bonchev–Trinajstić information content (AvgIpc) is 2.71. The summed E-state index contributed by atoms with van der Waals surface area (Å²) in [6.45, 7) is 5.52. The molecule has 1 amide bonds. The molecule has 8 heteroatoms. The molecule has 0 aliphatic carbocycles. The summed E-state index contributed by atoms with van der Waals surface area (Å²) >= 11 is 0. The van der Waals surface area contributed by atoms with Crippen LogP contribution >= 0.6 is 0 Å². The molecule has 0 saturated heterocycles. The van der Waals surface area contributed by atoms with Gasteiger partial charge in [-0.1, -0.05) is 24.6 Å². The van der Waals surface area contributed by atoms with Gasteiger partial charge in [-0.15, -0.1) is 0 Å². The summed E-state index contributed by atoms with van der Waals surface area (Å²) in [5, 5.41) is 2.93. The molecule has 0 bridgehead atoms. The van der Waals surface area contributed by atoms with E-state index < -0.39 is 22.1 Å². The molecule has 0 saturated carbocycles. The first-order valence-corrected chi connectivity index (χ1v) is 11.6. The molecular formula is C22H30N2O5S. The van der Waals surface area contributed by atoms with Gasteiger partial charge in [0, 0.05) is 5.56 Å². The molecule has 0 unspecified atom stereocenters. The smallest absolute Gasteiger partial charge is 0.244 e. The molecule has 0 aliphatic heterocycles. The molecule has 0 fully saturated rings. The van der Waals surface area contributed by atoms with E-state index in [9.17, 15) is 13.2 Å². The number of hydrogen-bond donors (Lipinski definition) is 1. The van der Waals surface area contributed by atoms with Crippen LogP contribution in [-0.2, 0) is 14.8 Å². The zero-order valence-electron chi connectivity index (χ0n) is 18.3. The van der Waals surface area contributed by atoms with Crippen LogP contribution in [0.25, 0.3) is 0 Å². The lowest BCUT2D eigenvalue weighted by atomic mass is 10.1. The predicted octanol–water partition coefficient (Wildman–Crippen LogP) is 3.43. The van der Waals surface area contributed by atoms with Crippen LogP contribution in [0.4, 0.5) is 5.69 Å². The summed E-state index contributed by atoms with van der Waals surface area (Å²) in [7, 11) is -0.567. The maximum atomic E-state index is 13.2. The lowest BCUT2D eigenvalue weighted by molar-refractivity contribution is -0.122. The number of nitrogens with zero attached hydrogens (tertiary/aromatic N) is 1. The van der Waals surface area contributed by atoms with E-state index in [0.717, 1.165) is 17.4 Å². The van der Waals surface area contributed by atoms with E-state index in [1.54, 1.807) is 51.5 Å². The maximum absolute atomic E-state index is 13.2. The van der Waals surface area contributed by atoms with Gasteiger partial charge in [0.25, 0.3) is 0 Å². The minimum absolute atomic E-state index is 0.314. The summed E-state index contributed by atoms with van der Waals surface area (Å²) < 4.78 is 37.0. The first-order valence-electron chi connectivity index (χ1n) is 9.70. The van der Waals surface area contributed by atoms with Gasteiger partial charge in [0.2, 0.25) is 15.9 Å². The van der Waals surface area contributed by atoms with Gasteiger partial charge in [0.15, 0.2) is 0 Å². The van der Waals surface area contributed by atoms with E-state index in [1.807, 2.05) is 26.0 Å². The minimum Gasteiger partial charge on any atom is -0.497 e. The van der Waals surface area contributed by atoms with Crippen molar-refractivity contribution in [2.24, 2.45) is 0 Å². The van der Waals surface area contributed by atoms with Gasteiger partial charge < -0.3 is 14.8 Å². The molecule has 0 radical (unpaired) electrons. The molecular weight excluding hydrogens is 404 g/mol. The number of nitrogens with one attached hydrogen (secondary N) is 1. The van der Waals surface area contributed by atoms with Crippen LogP contribution < -0.4 is 19.1 Å². The number of anilines is 1. The number of amides is 1. The molecule has 0 aliphatic rings. The second-order valence-electron chi connectivity index (χ2n) is 7.16. The SMILES string of the molecule is CC[C@H](C(=O)N[C@H](C)c1cc(OC)ccc1OC)N(c1ccc(C)cc1)S(C)(=O)=O. The molecule has 2 aromatic rings. The zero-order chi connectivity index (χ0) is 22.5. The molecule has 0 heterocycles. The van der Waals surface area contributed by atoms with E-state index in [0.29, 0.717) is 23.6 Å². The Bertz CT molecular complexity index is 974. The zero-order valence-corrected chi connectivity index (χ0v) is 19.1. The van der Waals surface area contributed by atoms with Crippen LogP contribution in [0.3, 0.4) is 0 Å². The topological polar surface area (TPSA) is 84.9 Å². The number of sulfonamides is 1. The number of carbonyl (C=O) groups excluding carboxylic acids is 1. The van der Waals surface area contributed by atoms with Crippen molar-refractivity contribution in [1.82, 2.24) is 5.32 Å². The highest BCUT2D eigenvalue weighted by atomic mass is 32.2. The highest BCUT2D eigenvalue weighted by molar-refractivity contribution is 7.92. The Morgan fingerprint density at radius 3 is 2.23 bits per heavy atom. The fourth-order valence-electron chi connectivity index (χ4n) is 3.32. The first kappa shape index (κ1) is 23.5. The fraction of sp³-hybridized carbons (Fsp3) is 0.409. The van der Waals surface area contributed by atoms with Crippen molar-refractivity contribution in [1.29, 1.82) is 0 Å². The van der Waals surface area contributed by atoms with Crippen molar-refractivity contribution in [3.05, 3.63) is 53.6 Å². The number of aryl methyl sites for hydroxylation is 1. The van der Waals surface area contributed by atoms with Crippen LogP contribution in [0, 0.1) is 6.92 Å². The lowest BCUT2D eigenvalue weighted by Crippen LogP contribution is -2.49. The standard InChI is InChI=1S/C22H30N2O5S/c1-7-20(24(30(6,26)27)17-10-8-15(2)9-11-17)22(25)23-16(3)19-14-18(28-4)12-13-21(19)29-5/h8-14,16,20H,7H2,1-6H3,(H,23,25)/t16-,20-/m1/s1. The van der Waals surface area contributed by atoms with Crippen molar-refractivity contribution in [2.75, 3.05) is 24.8 Å². The van der Waals surface area contributed by atoms with E-state index in [2.05, 4.69) is 5.32 Å². The second-order valence-corrected chi connectivity index (χ2v) is 9.02.